The van der Waals surface area contributed by atoms with Crippen LogP contribution in [0.4, 0.5) is 11.4 Å². The molecule has 0 atom stereocenters. The molecule has 1 aliphatic rings. The van der Waals surface area contributed by atoms with Crippen molar-refractivity contribution in [2.45, 2.75) is 13.5 Å². The molecular weight excluding hydrogens is 561 g/mol. The van der Waals surface area contributed by atoms with E-state index in [1.807, 2.05) is 0 Å². The molecule has 0 fully saturated rings. The van der Waals surface area contributed by atoms with E-state index in [1.165, 1.54) is 43.4 Å². The van der Waals surface area contributed by atoms with Crippen molar-refractivity contribution in [3.05, 3.63) is 93.0 Å². The Morgan fingerprint density at radius 3 is 2.40 bits per heavy atom. The number of nitrogens with one attached hydrogen (secondary N) is 2. The summed E-state index contributed by atoms with van der Waals surface area (Å²) in [5, 5.41) is 5.45. The fraction of sp³-hybridized carbons (Fsp3) is 0.143. The summed E-state index contributed by atoms with van der Waals surface area (Å²) in [5.74, 6) is -1.91. The van der Waals surface area contributed by atoms with Crippen molar-refractivity contribution in [3.63, 3.8) is 0 Å². The lowest BCUT2D eigenvalue weighted by Crippen LogP contribution is -2.34. The van der Waals surface area contributed by atoms with Gasteiger partial charge >= 0.3 is 17.8 Å². The minimum Gasteiger partial charge on any atom is -0.497 e. The van der Waals surface area contributed by atoms with E-state index in [9.17, 15) is 19.2 Å². The Kier molecular flexibility index (Phi) is 8.61. The van der Waals surface area contributed by atoms with Crippen LogP contribution < -0.4 is 20.3 Å². The van der Waals surface area contributed by atoms with Crippen LogP contribution in [0.25, 0.3) is 6.08 Å². The van der Waals surface area contributed by atoms with Gasteiger partial charge in [0.1, 0.15) is 17.3 Å². The highest BCUT2D eigenvalue weighted by molar-refractivity contribution is 6.40. The lowest BCUT2D eigenvalue weighted by molar-refractivity contribution is -0.136. The minimum atomic E-state index is -0.926. The van der Waals surface area contributed by atoms with Crippen molar-refractivity contribution in [2.75, 3.05) is 24.4 Å². The van der Waals surface area contributed by atoms with Crippen LogP contribution in [0.3, 0.4) is 0 Å². The third-order valence-corrected chi connectivity index (χ3v) is 6.26. The van der Waals surface area contributed by atoms with Crippen LogP contribution in [0.1, 0.15) is 18.4 Å². The maximum atomic E-state index is 13.4. The average molecular weight is 584 g/mol. The normalized spacial score (nSPS) is 14.0. The van der Waals surface area contributed by atoms with Crippen molar-refractivity contribution >= 4 is 64.3 Å². The Labute approximate surface area is 239 Å². The molecular formula is C28H23Cl2N3O7. The summed E-state index contributed by atoms with van der Waals surface area (Å²) < 4.78 is 15.9. The summed E-state index contributed by atoms with van der Waals surface area (Å²) in [5.41, 5.74) is 1.30. The van der Waals surface area contributed by atoms with E-state index in [2.05, 4.69) is 10.6 Å². The highest BCUT2D eigenvalue weighted by Crippen LogP contribution is 2.36. The van der Waals surface area contributed by atoms with Gasteiger partial charge in [-0.15, -0.1) is 0 Å². The van der Waals surface area contributed by atoms with Crippen molar-refractivity contribution in [3.8, 4) is 5.75 Å². The van der Waals surface area contributed by atoms with Crippen molar-refractivity contribution in [1.29, 1.82) is 0 Å². The number of hydrogen-bond donors (Lipinski definition) is 2. The zero-order valence-electron chi connectivity index (χ0n) is 21.5. The number of methoxy groups -OCH3 is 2. The second-order valence-electron chi connectivity index (χ2n) is 8.45. The van der Waals surface area contributed by atoms with Crippen LogP contribution in [-0.4, -0.2) is 37.9 Å². The highest BCUT2D eigenvalue weighted by atomic mass is 35.5. The van der Waals surface area contributed by atoms with Gasteiger partial charge in [0.25, 0.3) is 5.91 Å². The Hall–Kier alpha value is -4.54. The second kappa shape index (κ2) is 12.1. The number of benzene rings is 2. The average Bonchev–Trinajstić information content (AvgIpc) is 3.47. The molecule has 0 bridgehead atoms. The summed E-state index contributed by atoms with van der Waals surface area (Å²) in [6, 6.07) is 14.4. The number of nitrogens with zero attached hydrogens (tertiary/aromatic N) is 1. The highest BCUT2D eigenvalue weighted by Gasteiger charge is 2.38. The number of allylic oxidation sites excluding steroid dienone is 1. The van der Waals surface area contributed by atoms with Crippen molar-refractivity contribution in [2.24, 2.45) is 0 Å². The fourth-order valence-electron chi connectivity index (χ4n) is 4.01. The number of carbonyl (C=O) groups excluding carboxylic acids is 4. The largest absolute Gasteiger partial charge is 0.497 e. The Morgan fingerprint density at radius 1 is 1.00 bits per heavy atom. The third-order valence-electron chi connectivity index (χ3n) is 5.82. The van der Waals surface area contributed by atoms with Gasteiger partial charge in [0, 0.05) is 27.5 Å². The fourth-order valence-corrected chi connectivity index (χ4v) is 4.54. The molecule has 2 aromatic carbocycles. The number of amides is 3. The molecule has 12 heteroatoms. The van der Waals surface area contributed by atoms with Crippen LogP contribution in [-0.2, 0) is 30.5 Å². The Balaban J connectivity index is 1.50. The molecule has 4 rings (SSSR count). The molecule has 3 amide bonds. The Bertz CT molecular complexity index is 1560. The number of furan rings is 1. The monoisotopic (exact) mass is 583 g/mol. The van der Waals surface area contributed by atoms with Crippen LogP contribution in [0.5, 0.6) is 5.75 Å². The first-order valence-corrected chi connectivity index (χ1v) is 12.5. The van der Waals surface area contributed by atoms with E-state index in [1.54, 1.807) is 43.3 Å². The first kappa shape index (κ1) is 28.5. The number of anilines is 2. The number of carbonyl (C=O) groups is 4. The van der Waals surface area contributed by atoms with E-state index < -0.39 is 23.7 Å². The zero-order chi connectivity index (χ0) is 29.0. The summed E-state index contributed by atoms with van der Waals surface area (Å²) in [6.45, 7) is 1.52. The number of hydrogen-bond acceptors (Lipinski definition) is 7. The smallest absolute Gasteiger partial charge is 0.340 e. The quantitative estimate of drug-likeness (QED) is 0.234. The van der Waals surface area contributed by atoms with Gasteiger partial charge in [0.15, 0.2) is 0 Å². The molecule has 2 N–H and O–H groups in total. The van der Waals surface area contributed by atoms with Gasteiger partial charge in [-0.05, 0) is 55.5 Å². The van der Waals surface area contributed by atoms with Gasteiger partial charge in [0.2, 0.25) is 0 Å². The van der Waals surface area contributed by atoms with E-state index >= 15 is 0 Å². The van der Waals surface area contributed by atoms with Gasteiger partial charge in [-0.1, -0.05) is 29.3 Å². The topological polar surface area (TPSA) is 127 Å². The van der Waals surface area contributed by atoms with E-state index in [0.717, 1.165) is 0 Å². The maximum absolute atomic E-state index is 13.4. The minimum absolute atomic E-state index is 0.0664. The lowest BCUT2D eigenvalue weighted by atomic mass is 10.1. The lowest BCUT2D eigenvalue weighted by Gasteiger charge is -2.18. The van der Waals surface area contributed by atoms with E-state index in [-0.39, 0.29) is 29.1 Å². The van der Waals surface area contributed by atoms with Gasteiger partial charge < -0.3 is 24.5 Å². The number of rotatable bonds is 7. The maximum Gasteiger partial charge on any atom is 0.340 e. The summed E-state index contributed by atoms with van der Waals surface area (Å²) in [7, 11) is 2.74. The number of halogens is 2. The van der Waals surface area contributed by atoms with Crippen LogP contribution in [0.15, 0.2) is 75.9 Å². The molecule has 0 saturated carbocycles. The summed E-state index contributed by atoms with van der Waals surface area (Å²) in [4.78, 5) is 52.0. The SMILES string of the molecule is COC(=O)C1=C(C)N(c2cccc(OC)c2)C(=O)/C1=C/c1ccc(CNC(=O)C(=O)Nc2cc(Cl)cc(Cl)c2)o1. The van der Waals surface area contributed by atoms with Crippen molar-refractivity contribution in [1.82, 2.24) is 5.32 Å². The molecule has 0 unspecified atom stereocenters. The molecule has 0 saturated heterocycles. The van der Waals surface area contributed by atoms with Gasteiger partial charge in [0.05, 0.1) is 37.6 Å². The molecule has 2 heterocycles. The standard InChI is InChI=1S/C28H23Cl2N3O7/c1-15-24(28(37)39-3)23(27(36)33(15)19-5-4-6-20(12-19)38-2)13-21-7-8-22(40-21)14-31-25(34)26(35)32-18-10-16(29)9-17(30)11-18/h4-13H,14H2,1-3H3,(H,31,34)(H,32,35)/b23-13+. The molecule has 0 spiro atoms. The van der Waals surface area contributed by atoms with Crippen LogP contribution in [0, 0.1) is 0 Å². The Morgan fingerprint density at radius 2 is 1.73 bits per heavy atom. The summed E-state index contributed by atoms with van der Waals surface area (Å²) in [6.07, 6.45) is 1.42. The molecule has 0 aliphatic carbocycles. The van der Waals surface area contributed by atoms with Crippen LogP contribution >= 0.6 is 23.2 Å². The van der Waals surface area contributed by atoms with Gasteiger partial charge in [-0.25, -0.2) is 4.79 Å². The molecule has 1 aliphatic heterocycles. The van der Waals surface area contributed by atoms with Gasteiger partial charge in [-0.3, -0.25) is 19.3 Å². The molecule has 206 valence electrons. The molecule has 0 radical (unpaired) electrons. The number of ether oxygens (including phenoxy) is 2. The predicted octanol–water partition coefficient (Wildman–Crippen LogP) is 4.73. The van der Waals surface area contributed by atoms with E-state index in [0.29, 0.717) is 32.9 Å². The first-order valence-electron chi connectivity index (χ1n) is 11.7. The molecule has 3 aromatic rings. The third kappa shape index (κ3) is 6.19. The molecule has 40 heavy (non-hydrogen) atoms. The molecule has 1 aromatic heterocycles. The summed E-state index contributed by atoms with van der Waals surface area (Å²) >= 11 is 11.8. The van der Waals surface area contributed by atoms with Crippen LogP contribution in [0.2, 0.25) is 10.0 Å². The first-order chi connectivity index (χ1) is 19.1. The van der Waals surface area contributed by atoms with Crippen molar-refractivity contribution < 1.29 is 33.1 Å². The van der Waals surface area contributed by atoms with Gasteiger partial charge in [-0.2, -0.15) is 0 Å². The second-order valence-corrected chi connectivity index (χ2v) is 9.32. The van der Waals surface area contributed by atoms with E-state index in [4.69, 9.17) is 37.1 Å². The number of esters is 1. The molecule has 10 nitrogen and oxygen atoms in total. The predicted molar refractivity (Wildman–Crippen MR) is 149 cm³/mol. The zero-order valence-corrected chi connectivity index (χ0v) is 23.1.